The maximum Gasteiger partial charge on any atom is 0.192 e. The zero-order chi connectivity index (χ0) is 23.5. The molecule has 1 unspecified atom stereocenters. The molecule has 180 valence electrons. The maximum absolute atomic E-state index is 12.9. The largest absolute Gasteiger partial charge is 0.414 e. The molecule has 3 fully saturated rings. The summed E-state index contributed by atoms with van der Waals surface area (Å²) < 4.78 is 6.86. The van der Waals surface area contributed by atoms with Gasteiger partial charge < -0.3 is 4.43 Å². The molecule has 2 nitrogen and oxygen atoms in total. The Morgan fingerprint density at radius 3 is 2.44 bits per heavy atom. The summed E-state index contributed by atoms with van der Waals surface area (Å²) in [6.07, 6.45) is 15.5. The molecule has 0 aromatic rings. The van der Waals surface area contributed by atoms with Gasteiger partial charge in [0.15, 0.2) is 8.32 Å². The number of Topliss-reactive ketones (excluding diaryl/α,β-unsaturated/α-hetero) is 1. The Bertz CT molecular complexity index is 816. The minimum atomic E-state index is -1.74. The summed E-state index contributed by atoms with van der Waals surface area (Å²) in [7, 11) is -1.74. The van der Waals surface area contributed by atoms with E-state index in [0.717, 1.165) is 25.7 Å². The minimum absolute atomic E-state index is 0.193. The molecule has 32 heavy (non-hydrogen) atoms. The van der Waals surface area contributed by atoms with E-state index in [0.29, 0.717) is 35.1 Å². The van der Waals surface area contributed by atoms with Gasteiger partial charge >= 0.3 is 0 Å². The molecular formula is C29H48O2Si. The Balaban J connectivity index is 1.56. The number of fused-ring (bicyclic) bond motifs is 5. The van der Waals surface area contributed by atoms with Crippen LogP contribution in [0.5, 0.6) is 0 Å². The van der Waals surface area contributed by atoms with Gasteiger partial charge in [0.25, 0.3) is 0 Å². The summed E-state index contributed by atoms with van der Waals surface area (Å²) in [4.78, 5) is 12.9. The molecule has 0 aromatic carbocycles. The van der Waals surface area contributed by atoms with E-state index in [1.807, 2.05) is 0 Å². The first-order valence-corrected chi connectivity index (χ1v) is 16.4. The van der Waals surface area contributed by atoms with E-state index in [9.17, 15) is 4.79 Å². The molecule has 6 atom stereocenters. The molecule has 0 radical (unpaired) electrons. The van der Waals surface area contributed by atoms with E-state index in [1.54, 1.807) is 11.1 Å². The van der Waals surface area contributed by atoms with Crippen molar-refractivity contribution >= 4 is 14.1 Å². The van der Waals surface area contributed by atoms with Gasteiger partial charge in [-0.05, 0) is 92.2 Å². The van der Waals surface area contributed by atoms with Gasteiger partial charge in [-0.15, -0.1) is 0 Å². The fraction of sp³-hybridized carbons (Fsp3) is 0.828. The predicted octanol–water partition coefficient (Wildman–Crippen LogP) is 8.25. The van der Waals surface area contributed by atoms with Crippen molar-refractivity contribution < 1.29 is 9.22 Å². The molecule has 0 N–H and O–H groups in total. The fourth-order valence-corrected chi connectivity index (χ4v) is 9.00. The van der Waals surface area contributed by atoms with Gasteiger partial charge in [0.1, 0.15) is 5.78 Å². The SMILES string of the molecule is CCCC(=O)[C@H]1CC[C@H]2C3=CC=C4CC(O[Si](C)(C)C(C)(C)C)CC[C@]4(C)[C@H]3CC[C@]12C. The van der Waals surface area contributed by atoms with Gasteiger partial charge in [-0.3, -0.25) is 4.79 Å². The third-order valence-corrected chi connectivity index (χ3v) is 15.2. The minimum Gasteiger partial charge on any atom is -0.414 e. The van der Waals surface area contributed by atoms with Crippen LogP contribution in [0, 0.1) is 28.6 Å². The highest BCUT2D eigenvalue weighted by atomic mass is 28.4. The number of ketones is 1. The van der Waals surface area contributed by atoms with Crippen molar-refractivity contribution in [3.8, 4) is 0 Å². The lowest BCUT2D eigenvalue weighted by Crippen LogP contribution is -2.49. The molecule has 0 amide bonds. The monoisotopic (exact) mass is 456 g/mol. The standard InChI is InChI=1S/C29H48O2Si/c1-9-10-26(30)25-14-13-23-22-12-11-20-19-21(31-32(7,8)27(2,3)4)15-17-28(20,5)24(22)16-18-29(23,25)6/h11-12,21,23-25H,9-10,13-19H2,1-8H3/t21?,23-,24-,25+,28-,29-/m0/s1. The first kappa shape index (κ1) is 24.5. The van der Waals surface area contributed by atoms with Crippen molar-refractivity contribution in [2.75, 3.05) is 0 Å². The van der Waals surface area contributed by atoms with Crippen molar-refractivity contribution in [3.05, 3.63) is 23.3 Å². The molecule has 0 spiro atoms. The summed E-state index contributed by atoms with van der Waals surface area (Å²) in [6.45, 7) is 19.0. The zero-order valence-corrected chi connectivity index (χ0v) is 23.1. The lowest BCUT2D eigenvalue weighted by Gasteiger charge is -2.55. The average molecular weight is 457 g/mol. The van der Waals surface area contributed by atoms with Gasteiger partial charge in [-0.2, -0.15) is 0 Å². The highest BCUT2D eigenvalue weighted by molar-refractivity contribution is 6.74. The van der Waals surface area contributed by atoms with Crippen LogP contribution in [-0.2, 0) is 9.22 Å². The smallest absolute Gasteiger partial charge is 0.192 e. The van der Waals surface area contributed by atoms with Crippen LogP contribution in [0.2, 0.25) is 18.1 Å². The maximum atomic E-state index is 12.9. The fourth-order valence-electron chi connectivity index (χ4n) is 7.61. The Hall–Kier alpha value is -0.673. The second kappa shape index (κ2) is 8.22. The van der Waals surface area contributed by atoms with Crippen molar-refractivity contribution in [1.82, 2.24) is 0 Å². The van der Waals surface area contributed by atoms with Crippen LogP contribution in [0.15, 0.2) is 23.3 Å². The molecule has 3 saturated carbocycles. The van der Waals surface area contributed by atoms with Crippen LogP contribution < -0.4 is 0 Å². The molecule has 0 aromatic heterocycles. The van der Waals surface area contributed by atoms with Crippen molar-refractivity contribution in [2.24, 2.45) is 28.6 Å². The molecule has 3 heteroatoms. The van der Waals surface area contributed by atoms with E-state index in [2.05, 4.69) is 66.8 Å². The van der Waals surface area contributed by atoms with Crippen LogP contribution >= 0.6 is 0 Å². The third kappa shape index (κ3) is 3.84. The summed E-state index contributed by atoms with van der Waals surface area (Å²) in [6, 6.07) is 0. The Morgan fingerprint density at radius 1 is 1.06 bits per heavy atom. The topological polar surface area (TPSA) is 26.3 Å². The number of carbonyl (C=O) groups excluding carboxylic acids is 1. The van der Waals surface area contributed by atoms with E-state index in [-0.39, 0.29) is 10.5 Å². The van der Waals surface area contributed by atoms with Gasteiger partial charge in [0.05, 0.1) is 0 Å². The Morgan fingerprint density at radius 2 is 1.78 bits per heavy atom. The van der Waals surface area contributed by atoms with Gasteiger partial charge in [-0.25, -0.2) is 0 Å². The van der Waals surface area contributed by atoms with Gasteiger partial charge in [0.2, 0.25) is 0 Å². The number of rotatable bonds is 5. The van der Waals surface area contributed by atoms with Crippen LogP contribution in [0.25, 0.3) is 0 Å². The van der Waals surface area contributed by atoms with Crippen LogP contribution in [0.3, 0.4) is 0 Å². The van der Waals surface area contributed by atoms with Gasteiger partial charge in [-0.1, -0.05) is 64.8 Å². The van der Waals surface area contributed by atoms with E-state index in [1.165, 1.54) is 32.1 Å². The van der Waals surface area contributed by atoms with E-state index < -0.39 is 8.32 Å². The second-order valence-corrected chi connectivity index (χ2v) is 18.3. The summed E-state index contributed by atoms with van der Waals surface area (Å²) in [5, 5.41) is 0.268. The molecule has 0 heterocycles. The van der Waals surface area contributed by atoms with Crippen LogP contribution in [0.1, 0.15) is 99.3 Å². The van der Waals surface area contributed by atoms with E-state index in [4.69, 9.17) is 4.43 Å². The second-order valence-electron chi connectivity index (χ2n) is 13.5. The van der Waals surface area contributed by atoms with Crippen LogP contribution in [-0.4, -0.2) is 20.2 Å². The first-order chi connectivity index (χ1) is 14.8. The molecule has 4 aliphatic carbocycles. The quantitative estimate of drug-likeness (QED) is 0.389. The van der Waals surface area contributed by atoms with Gasteiger partial charge in [0, 0.05) is 18.4 Å². The summed E-state index contributed by atoms with van der Waals surface area (Å²) in [5.41, 5.74) is 3.82. The van der Waals surface area contributed by atoms with E-state index >= 15 is 0 Å². The van der Waals surface area contributed by atoms with Crippen molar-refractivity contribution in [2.45, 2.75) is 124 Å². The lowest BCUT2D eigenvalue weighted by atomic mass is 9.50. The summed E-state index contributed by atoms with van der Waals surface area (Å²) in [5.74, 6) is 2.12. The van der Waals surface area contributed by atoms with Crippen molar-refractivity contribution in [1.29, 1.82) is 0 Å². The average Bonchev–Trinajstić information content (AvgIpc) is 3.04. The number of carbonyl (C=O) groups is 1. The van der Waals surface area contributed by atoms with Crippen LogP contribution in [0.4, 0.5) is 0 Å². The summed E-state index contributed by atoms with van der Waals surface area (Å²) >= 11 is 0. The normalized spacial score (nSPS) is 39.5. The zero-order valence-electron chi connectivity index (χ0n) is 22.1. The number of hydrogen-bond acceptors (Lipinski definition) is 2. The first-order valence-electron chi connectivity index (χ1n) is 13.4. The Kier molecular flexibility index (Phi) is 6.28. The molecule has 4 rings (SSSR count). The predicted molar refractivity (Wildman–Crippen MR) is 137 cm³/mol. The molecule has 0 saturated heterocycles. The number of hydrogen-bond donors (Lipinski definition) is 0. The third-order valence-electron chi connectivity index (χ3n) is 10.7. The lowest BCUT2D eigenvalue weighted by molar-refractivity contribution is -0.127. The Labute approximate surface area is 198 Å². The number of allylic oxidation sites excluding steroid dienone is 3. The molecule has 0 aliphatic heterocycles. The molecular weight excluding hydrogens is 408 g/mol. The molecule has 4 aliphatic rings. The highest BCUT2D eigenvalue weighted by Gasteiger charge is 2.57. The van der Waals surface area contributed by atoms with Crippen molar-refractivity contribution in [3.63, 3.8) is 0 Å². The highest BCUT2D eigenvalue weighted by Crippen LogP contribution is 2.65. The molecule has 0 bridgehead atoms.